The lowest BCUT2D eigenvalue weighted by atomic mass is 9.92. The summed E-state index contributed by atoms with van der Waals surface area (Å²) in [5.41, 5.74) is 0. The standard InChI is InChI=1S/C17H26N4O.ClH/c1-13-12-14(5-9-18-13)17(22)20-15-6-10-21(11-7-15)16-4-2-3-8-19-16;/h2-4,8,13-15,18H,5-7,9-12H2,1H3,(H,20,22);1H/t13-,14-;/m0./s1. The molecule has 2 saturated heterocycles. The van der Waals surface area contributed by atoms with Gasteiger partial charge in [-0.05, 0) is 51.3 Å². The summed E-state index contributed by atoms with van der Waals surface area (Å²) in [6.07, 6.45) is 5.76. The Morgan fingerprint density at radius 3 is 2.74 bits per heavy atom. The van der Waals surface area contributed by atoms with E-state index in [0.717, 1.165) is 51.1 Å². The van der Waals surface area contributed by atoms with Crippen molar-refractivity contribution in [1.29, 1.82) is 0 Å². The zero-order chi connectivity index (χ0) is 15.4. The van der Waals surface area contributed by atoms with Gasteiger partial charge in [0.1, 0.15) is 5.82 Å². The monoisotopic (exact) mass is 338 g/mol. The van der Waals surface area contributed by atoms with Crippen molar-refractivity contribution in [3.63, 3.8) is 0 Å². The Hall–Kier alpha value is -1.33. The second-order valence-electron chi connectivity index (χ2n) is 6.53. The van der Waals surface area contributed by atoms with E-state index in [1.807, 2.05) is 18.3 Å². The van der Waals surface area contributed by atoms with Crippen LogP contribution in [0.1, 0.15) is 32.6 Å². The molecule has 3 rings (SSSR count). The topological polar surface area (TPSA) is 57.3 Å². The van der Waals surface area contributed by atoms with Gasteiger partial charge in [-0.15, -0.1) is 12.4 Å². The van der Waals surface area contributed by atoms with Gasteiger partial charge in [-0.3, -0.25) is 4.79 Å². The Balaban J connectivity index is 0.00000192. The molecule has 2 fully saturated rings. The predicted molar refractivity (Wildman–Crippen MR) is 95.1 cm³/mol. The number of piperidine rings is 2. The molecule has 0 bridgehead atoms. The fourth-order valence-electron chi connectivity index (χ4n) is 3.48. The highest BCUT2D eigenvalue weighted by atomic mass is 35.5. The average Bonchev–Trinajstić information content (AvgIpc) is 2.56. The molecule has 3 heterocycles. The summed E-state index contributed by atoms with van der Waals surface area (Å²) in [6.45, 7) is 5.04. The third kappa shape index (κ3) is 4.82. The molecule has 0 spiro atoms. The average molecular weight is 339 g/mol. The third-order valence-corrected chi connectivity index (χ3v) is 4.81. The zero-order valence-electron chi connectivity index (χ0n) is 13.7. The molecule has 0 saturated carbocycles. The Kier molecular flexibility index (Phi) is 6.66. The quantitative estimate of drug-likeness (QED) is 0.884. The van der Waals surface area contributed by atoms with Crippen LogP contribution in [-0.4, -0.2) is 42.6 Å². The molecule has 0 unspecified atom stereocenters. The van der Waals surface area contributed by atoms with Crippen molar-refractivity contribution in [3.8, 4) is 0 Å². The number of carbonyl (C=O) groups excluding carboxylic acids is 1. The van der Waals surface area contributed by atoms with Crippen LogP contribution in [0.5, 0.6) is 0 Å². The first kappa shape index (κ1) is 18.0. The van der Waals surface area contributed by atoms with E-state index >= 15 is 0 Å². The van der Waals surface area contributed by atoms with Gasteiger partial charge in [0.15, 0.2) is 0 Å². The van der Waals surface area contributed by atoms with E-state index in [1.54, 1.807) is 0 Å². The Bertz CT molecular complexity index is 491. The Morgan fingerprint density at radius 2 is 2.09 bits per heavy atom. The second kappa shape index (κ2) is 8.50. The molecule has 6 heteroatoms. The highest BCUT2D eigenvalue weighted by Crippen LogP contribution is 2.20. The lowest BCUT2D eigenvalue weighted by molar-refractivity contribution is -0.126. The number of aromatic nitrogens is 1. The molecule has 1 aromatic rings. The van der Waals surface area contributed by atoms with Crippen molar-refractivity contribution >= 4 is 24.1 Å². The number of hydrogen-bond acceptors (Lipinski definition) is 4. The first-order valence-corrected chi connectivity index (χ1v) is 8.42. The number of anilines is 1. The molecular weight excluding hydrogens is 312 g/mol. The Labute approximate surface area is 144 Å². The van der Waals surface area contributed by atoms with Crippen LogP contribution in [0.3, 0.4) is 0 Å². The van der Waals surface area contributed by atoms with E-state index in [4.69, 9.17) is 0 Å². The van der Waals surface area contributed by atoms with Crippen LogP contribution in [0.4, 0.5) is 5.82 Å². The van der Waals surface area contributed by atoms with E-state index in [0.29, 0.717) is 12.1 Å². The van der Waals surface area contributed by atoms with Crippen molar-refractivity contribution in [2.24, 2.45) is 5.92 Å². The number of rotatable bonds is 3. The molecule has 2 atom stereocenters. The van der Waals surface area contributed by atoms with E-state index in [-0.39, 0.29) is 24.2 Å². The number of pyridine rings is 1. The number of nitrogens with one attached hydrogen (secondary N) is 2. The van der Waals surface area contributed by atoms with Gasteiger partial charge in [0.05, 0.1) is 0 Å². The van der Waals surface area contributed by atoms with Crippen LogP contribution in [0.2, 0.25) is 0 Å². The van der Waals surface area contributed by atoms with Gasteiger partial charge in [0.2, 0.25) is 5.91 Å². The fraction of sp³-hybridized carbons (Fsp3) is 0.647. The van der Waals surface area contributed by atoms with Gasteiger partial charge in [-0.2, -0.15) is 0 Å². The lowest BCUT2D eigenvalue weighted by Gasteiger charge is -2.34. The van der Waals surface area contributed by atoms with E-state index < -0.39 is 0 Å². The molecule has 1 amide bonds. The lowest BCUT2D eigenvalue weighted by Crippen LogP contribution is -2.49. The van der Waals surface area contributed by atoms with Crippen LogP contribution in [0.25, 0.3) is 0 Å². The largest absolute Gasteiger partial charge is 0.356 e. The summed E-state index contributed by atoms with van der Waals surface area (Å²) in [5, 5.41) is 6.67. The van der Waals surface area contributed by atoms with Crippen LogP contribution in [0, 0.1) is 5.92 Å². The summed E-state index contributed by atoms with van der Waals surface area (Å²) in [4.78, 5) is 19.1. The third-order valence-electron chi connectivity index (χ3n) is 4.81. The van der Waals surface area contributed by atoms with Crippen molar-refractivity contribution in [3.05, 3.63) is 24.4 Å². The van der Waals surface area contributed by atoms with Gasteiger partial charge < -0.3 is 15.5 Å². The summed E-state index contributed by atoms with van der Waals surface area (Å²) in [6, 6.07) is 6.79. The number of carbonyl (C=O) groups is 1. The molecular formula is C17H27ClN4O. The van der Waals surface area contributed by atoms with Gasteiger partial charge in [-0.1, -0.05) is 6.07 Å². The van der Waals surface area contributed by atoms with Gasteiger partial charge in [0.25, 0.3) is 0 Å². The van der Waals surface area contributed by atoms with Crippen LogP contribution in [-0.2, 0) is 4.79 Å². The maximum atomic E-state index is 12.4. The molecule has 1 aromatic heterocycles. The first-order chi connectivity index (χ1) is 10.7. The number of nitrogens with zero attached hydrogens (tertiary/aromatic N) is 2. The molecule has 128 valence electrons. The van der Waals surface area contributed by atoms with E-state index in [1.165, 1.54) is 0 Å². The molecule has 2 N–H and O–H groups in total. The van der Waals surface area contributed by atoms with E-state index in [2.05, 4.69) is 33.5 Å². The summed E-state index contributed by atoms with van der Waals surface area (Å²) < 4.78 is 0. The minimum absolute atomic E-state index is 0. The number of halogens is 1. The number of amides is 1. The summed E-state index contributed by atoms with van der Waals surface area (Å²) in [5.74, 6) is 1.48. The molecule has 0 radical (unpaired) electrons. The van der Waals surface area contributed by atoms with Gasteiger partial charge >= 0.3 is 0 Å². The highest BCUT2D eigenvalue weighted by Gasteiger charge is 2.27. The van der Waals surface area contributed by atoms with Crippen LogP contribution in [0.15, 0.2) is 24.4 Å². The first-order valence-electron chi connectivity index (χ1n) is 8.42. The zero-order valence-corrected chi connectivity index (χ0v) is 14.5. The maximum Gasteiger partial charge on any atom is 0.223 e. The van der Waals surface area contributed by atoms with Gasteiger partial charge in [0, 0.05) is 37.3 Å². The van der Waals surface area contributed by atoms with Gasteiger partial charge in [-0.25, -0.2) is 4.98 Å². The smallest absolute Gasteiger partial charge is 0.223 e. The molecule has 0 aromatic carbocycles. The minimum Gasteiger partial charge on any atom is -0.356 e. The fourth-order valence-corrected chi connectivity index (χ4v) is 3.48. The minimum atomic E-state index is 0. The van der Waals surface area contributed by atoms with Crippen molar-refractivity contribution in [2.75, 3.05) is 24.5 Å². The SMILES string of the molecule is C[C@H]1C[C@@H](C(=O)NC2CCN(c3ccccn3)CC2)CCN1.Cl. The molecule has 2 aliphatic heterocycles. The van der Waals surface area contributed by atoms with E-state index in [9.17, 15) is 4.79 Å². The van der Waals surface area contributed by atoms with Crippen molar-refractivity contribution in [2.45, 2.75) is 44.7 Å². The van der Waals surface area contributed by atoms with Crippen LogP contribution >= 0.6 is 12.4 Å². The van der Waals surface area contributed by atoms with Crippen molar-refractivity contribution in [1.82, 2.24) is 15.6 Å². The predicted octanol–water partition coefficient (Wildman–Crippen LogP) is 1.98. The molecule has 5 nitrogen and oxygen atoms in total. The molecule has 2 aliphatic rings. The molecule has 0 aliphatic carbocycles. The van der Waals surface area contributed by atoms with Crippen molar-refractivity contribution < 1.29 is 4.79 Å². The summed E-state index contributed by atoms with van der Waals surface area (Å²) >= 11 is 0. The molecule has 23 heavy (non-hydrogen) atoms. The van der Waals surface area contributed by atoms with Crippen LogP contribution < -0.4 is 15.5 Å². The Morgan fingerprint density at radius 1 is 1.30 bits per heavy atom. The maximum absolute atomic E-state index is 12.4. The normalized spacial score (nSPS) is 25.5. The second-order valence-corrected chi connectivity index (χ2v) is 6.53. The highest BCUT2D eigenvalue weighted by molar-refractivity contribution is 5.85. The number of hydrogen-bond donors (Lipinski definition) is 2. The summed E-state index contributed by atoms with van der Waals surface area (Å²) in [7, 11) is 0.